The van der Waals surface area contributed by atoms with Gasteiger partial charge in [0.2, 0.25) is 0 Å². The Labute approximate surface area is 130 Å². The molecule has 0 aliphatic carbocycles. The van der Waals surface area contributed by atoms with Gasteiger partial charge in [-0.15, -0.1) is 11.3 Å². The van der Waals surface area contributed by atoms with E-state index in [0.29, 0.717) is 6.61 Å². The van der Waals surface area contributed by atoms with Gasteiger partial charge in [-0.3, -0.25) is 4.98 Å². The second-order valence-electron chi connectivity index (χ2n) is 4.98. The first-order valence-electron chi connectivity index (χ1n) is 7.45. The van der Waals surface area contributed by atoms with Crippen LogP contribution in [0.25, 0.3) is 0 Å². The maximum Gasteiger partial charge on any atom is 0.137 e. The molecule has 2 aromatic rings. The van der Waals surface area contributed by atoms with E-state index in [9.17, 15) is 0 Å². The highest BCUT2D eigenvalue weighted by Gasteiger charge is 2.15. The summed E-state index contributed by atoms with van der Waals surface area (Å²) in [5.74, 6) is 0.827. The molecular formula is C16H23N3OS. The van der Waals surface area contributed by atoms with Gasteiger partial charge in [0.15, 0.2) is 0 Å². The molecule has 4 nitrogen and oxygen atoms in total. The van der Waals surface area contributed by atoms with Crippen LogP contribution in [0.15, 0.2) is 23.8 Å². The lowest BCUT2D eigenvalue weighted by Crippen LogP contribution is -2.24. The first-order chi connectivity index (χ1) is 10.2. The average molecular weight is 305 g/mol. The molecule has 0 saturated carbocycles. The summed E-state index contributed by atoms with van der Waals surface area (Å²) < 4.78 is 5.55. The quantitative estimate of drug-likeness (QED) is 0.810. The van der Waals surface area contributed by atoms with Gasteiger partial charge in [0.1, 0.15) is 5.75 Å². The summed E-state index contributed by atoms with van der Waals surface area (Å²) in [7, 11) is 0. The summed E-state index contributed by atoms with van der Waals surface area (Å²) in [5, 5.41) is 6.84. The van der Waals surface area contributed by atoms with Gasteiger partial charge in [0.25, 0.3) is 0 Å². The van der Waals surface area contributed by atoms with E-state index < -0.39 is 0 Å². The van der Waals surface area contributed by atoms with Gasteiger partial charge >= 0.3 is 0 Å². The maximum absolute atomic E-state index is 5.55. The van der Waals surface area contributed by atoms with Gasteiger partial charge in [0, 0.05) is 29.7 Å². The molecule has 0 aliphatic heterocycles. The molecule has 5 heteroatoms. The van der Waals surface area contributed by atoms with Crippen LogP contribution in [0.5, 0.6) is 5.75 Å². The molecule has 0 spiro atoms. The molecule has 1 unspecified atom stereocenters. The first-order valence-corrected chi connectivity index (χ1v) is 8.33. The van der Waals surface area contributed by atoms with E-state index in [1.165, 1.54) is 0 Å². The minimum Gasteiger partial charge on any atom is -0.492 e. The number of rotatable bonds is 8. The van der Waals surface area contributed by atoms with Crippen molar-refractivity contribution in [2.75, 3.05) is 13.2 Å². The van der Waals surface area contributed by atoms with E-state index in [1.807, 2.05) is 20.0 Å². The smallest absolute Gasteiger partial charge is 0.137 e. The number of hydrogen-bond donors (Lipinski definition) is 1. The van der Waals surface area contributed by atoms with Crippen molar-refractivity contribution < 1.29 is 4.74 Å². The predicted octanol–water partition coefficient (Wildman–Crippen LogP) is 3.53. The van der Waals surface area contributed by atoms with Crippen molar-refractivity contribution in [3.63, 3.8) is 0 Å². The number of thiazole rings is 1. The highest BCUT2D eigenvalue weighted by atomic mass is 32.1. The molecule has 0 saturated heterocycles. The molecular weight excluding hydrogens is 282 g/mol. The van der Waals surface area contributed by atoms with Crippen molar-refractivity contribution in [2.24, 2.45) is 0 Å². The van der Waals surface area contributed by atoms with E-state index >= 15 is 0 Å². The zero-order chi connectivity index (χ0) is 15.1. The Bertz CT molecular complexity index is 556. The predicted molar refractivity (Wildman–Crippen MR) is 87.0 cm³/mol. The molecule has 2 heterocycles. The highest BCUT2D eigenvalue weighted by molar-refractivity contribution is 7.09. The summed E-state index contributed by atoms with van der Waals surface area (Å²) >= 11 is 1.72. The lowest BCUT2D eigenvalue weighted by atomic mass is 10.1. The second kappa shape index (κ2) is 8.10. The van der Waals surface area contributed by atoms with Gasteiger partial charge in [-0.2, -0.15) is 0 Å². The number of aromatic nitrogens is 2. The van der Waals surface area contributed by atoms with Gasteiger partial charge < -0.3 is 10.1 Å². The van der Waals surface area contributed by atoms with E-state index in [0.717, 1.165) is 41.4 Å². The lowest BCUT2D eigenvalue weighted by molar-refractivity contribution is 0.337. The minimum absolute atomic E-state index is 0.225. The topological polar surface area (TPSA) is 47.0 Å². The van der Waals surface area contributed by atoms with Crippen LogP contribution in [0.1, 0.15) is 42.6 Å². The Morgan fingerprint density at radius 1 is 1.33 bits per heavy atom. The van der Waals surface area contributed by atoms with Gasteiger partial charge in [-0.05, 0) is 38.4 Å². The Morgan fingerprint density at radius 2 is 2.19 bits per heavy atom. The third-order valence-electron chi connectivity index (χ3n) is 3.13. The van der Waals surface area contributed by atoms with Crippen molar-refractivity contribution in [1.82, 2.24) is 15.3 Å². The van der Waals surface area contributed by atoms with Crippen LogP contribution < -0.4 is 10.1 Å². The molecule has 2 rings (SSSR count). The van der Waals surface area contributed by atoms with Crippen LogP contribution in [-0.2, 0) is 6.42 Å². The van der Waals surface area contributed by atoms with E-state index in [4.69, 9.17) is 4.74 Å². The Hall–Kier alpha value is -1.46. The molecule has 0 amide bonds. The van der Waals surface area contributed by atoms with Crippen LogP contribution in [0.4, 0.5) is 0 Å². The SMILES string of the molecule is CCCNC(Cc1nc(C)cs1)c1cncc(OCC)c1. The molecule has 0 aromatic carbocycles. The van der Waals surface area contributed by atoms with Crippen molar-refractivity contribution >= 4 is 11.3 Å². The summed E-state index contributed by atoms with van der Waals surface area (Å²) in [6, 6.07) is 2.30. The van der Waals surface area contributed by atoms with Crippen molar-refractivity contribution in [2.45, 2.75) is 39.7 Å². The Kier molecular flexibility index (Phi) is 6.14. The molecule has 1 N–H and O–H groups in total. The minimum atomic E-state index is 0.225. The Balaban J connectivity index is 2.16. The normalized spacial score (nSPS) is 12.3. The van der Waals surface area contributed by atoms with Crippen LogP contribution in [0.2, 0.25) is 0 Å². The second-order valence-corrected chi connectivity index (χ2v) is 5.92. The third-order valence-corrected chi connectivity index (χ3v) is 4.12. The maximum atomic E-state index is 5.55. The van der Waals surface area contributed by atoms with Gasteiger partial charge in [0.05, 0.1) is 17.8 Å². The average Bonchev–Trinajstić information content (AvgIpc) is 2.89. The van der Waals surface area contributed by atoms with Crippen molar-refractivity contribution in [1.29, 1.82) is 0 Å². The molecule has 21 heavy (non-hydrogen) atoms. The van der Waals surface area contributed by atoms with E-state index in [1.54, 1.807) is 17.5 Å². The fraction of sp³-hybridized carbons (Fsp3) is 0.500. The van der Waals surface area contributed by atoms with Crippen LogP contribution in [0.3, 0.4) is 0 Å². The fourth-order valence-electron chi connectivity index (χ4n) is 2.17. The lowest BCUT2D eigenvalue weighted by Gasteiger charge is -2.18. The van der Waals surface area contributed by atoms with Gasteiger partial charge in [-0.25, -0.2) is 4.98 Å². The largest absolute Gasteiger partial charge is 0.492 e. The first kappa shape index (κ1) is 15.9. The number of ether oxygens (including phenoxy) is 1. The van der Waals surface area contributed by atoms with E-state index in [-0.39, 0.29) is 6.04 Å². The standard InChI is InChI=1S/C16H23N3OS/c1-4-6-18-15(8-16-19-12(3)11-21-16)13-7-14(20-5-2)10-17-9-13/h7,9-11,15,18H,4-6,8H2,1-3H3. The summed E-state index contributed by atoms with van der Waals surface area (Å²) in [5.41, 5.74) is 2.24. The van der Waals surface area contributed by atoms with Crippen LogP contribution in [0, 0.1) is 6.92 Å². The molecule has 0 bridgehead atoms. The molecule has 0 radical (unpaired) electrons. The molecule has 0 fully saturated rings. The zero-order valence-corrected chi connectivity index (χ0v) is 13.7. The monoisotopic (exact) mass is 305 g/mol. The molecule has 2 aromatic heterocycles. The molecule has 0 aliphatic rings. The van der Waals surface area contributed by atoms with Crippen molar-refractivity contribution in [3.8, 4) is 5.75 Å². The highest BCUT2D eigenvalue weighted by Crippen LogP contribution is 2.23. The zero-order valence-electron chi connectivity index (χ0n) is 12.9. The van der Waals surface area contributed by atoms with Crippen molar-refractivity contribution in [3.05, 3.63) is 40.1 Å². The number of pyridine rings is 1. The summed E-state index contributed by atoms with van der Waals surface area (Å²) in [6.45, 7) is 7.83. The van der Waals surface area contributed by atoms with Crippen LogP contribution >= 0.6 is 11.3 Å². The van der Waals surface area contributed by atoms with E-state index in [2.05, 4.69) is 33.7 Å². The fourth-order valence-corrected chi connectivity index (χ4v) is 2.99. The number of aryl methyl sites for hydroxylation is 1. The number of nitrogens with zero attached hydrogens (tertiary/aromatic N) is 2. The third kappa shape index (κ3) is 4.79. The molecule has 114 valence electrons. The number of nitrogens with one attached hydrogen (secondary N) is 1. The number of hydrogen-bond acceptors (Lipinski definition) is 5. The summed E-state index contributed by atoms with van der Waals surface area (Å²) in [4.78, 5) is 8.87. The summed E-state index contributed by atoms with van der Waals surface area (Å²) in [6.07, 6.45) is 5.66. The molecule has 1 atom stereocenters. The van der Waals surface area contributed by atoms with Gasteiger partial charge in [-0.1, -0.05) is 6.92 Å². The van der Waals surface area contributed by atoms with Crippen LogP contribution in [-0.4, -0.2) is 23.1 Å². The Morgan fingerprint density at radius 3 is 2.86 bits per heavy atom.